The second-order valence-electron chi connectivity index (χ2n) is 1.06. The minimum Gasteiger partial charge on any atom is -0.447 e. The zero-order valence-electron chi connectivity index (χ0n) is 3.52. The van der Waals surface area contributed by atoms with Crippen LogP contribution in [-0.2, 0) is 0 Å². The first-order valence-electron chi connectivity index (χ1n) is 1.72. The lowest BCUT2D eigenvalue weighted by molar-refractivity contribution is 0.537. The average Bonchev–Trinajstić information content (AvgIpc) is 1.87. The van der Waals surface area contributed by atoms with Gasteiger partial charge in [0.1, 0.15) is 6.26 Å². The highest BCUT2D eigenvalue weighted by molar-refractivity contribution is 6.29. The SMILES string of the molecule is [CH2]c1nc(Cl)co1. The van der Waals surface area contributed by atoms with Crippen LogP contribution < -0.4 is 0 Å². The van der Waals surface area contributed by atoms with Gasteiger partial charge in [-0.1, -0.05) is 11.6 Å². The van der Waals surface area contributed by atoms with Crippen molar-refractivity contribution in [2.24, 2.45) is 0 Å². The molecule has 0 aliphatic rings. The van der Waals surface area contributed by atoms with E-state index in [2.05, 4.69) is 16.3 Å². The number of nitrogens with zero attached hydrogens (tertiary/aromatic N) is 1. The Morgan fingerprint density at radius 2 is 2.57 bits per heavy atom. The minimum atomic E-state index is 0.352. The molecule has 3 heteroatoms. The Hall–Kier alpha value is -0.500. The van der Waals surface area contributed by atoms with Gasteiger partial charge in [0.2, 0.25) is 0 Å². The van der Waals surface area contributed by atoms with Gasteiger partial charge in [-0.15, -0.1) is 0 Å². The van der Waals surface area contributed by atoms with Crippen LogP contribution in [0.1, 0.15) is 5.89 Å². The van der Waals surface area contributed by atoms with Crippen molar-refractivity contribution in [2.75, 3.05) is 0 Å². The fourth-order valence-electron chi connectivity index (χ4n) is 0.288. The summed E-state index contributed by atoms with van der Waals surface area (Å²) in [5.74, 6) is 0.352. The summed E-state index contributed by atoms with van der Waals surface area (Å²) >= 11 is 5.32. The van der Waals surface area contributed by atoms with Crippen molar-refractivity contribution < 1.29 is 4.42 Å². The number of rotatable bonds is 0. The van der Waals surface area contributed by atoms with Crippen molar-refractivity contribution in [3.8, 4) is 0 Å². The molecule has 0 saturated carbocycles. The van der Waals surface area contributed by atoms with Crippen LogP contribution >= 0.6 is 11.6 Å². The van der Waals surface area contributed by atoms with Crippen molar-refractivity contribution in [2.45, 2.75) is 0 Å². The Morgan fingerprint density at radius 3 is 2.71 bits per heavy atom. The molecule has 0 aliphatic heterocycles. The fraction of sp³-hybridized carbons (Fsp3) is 0. The standard InChI is InChI=1S/C4H3ClNO/c1-3-6-4(5)2-7-3/h2H,1H2. The van der Waals surface area contributed by atoms with Gasteiger partial charge in [0.25, 0.3) is 0 Å². The maximum atomic E-state index is 5.32. The van der Waals surface area contributed by atoms with Crippen LogP contribution in [0.2, 0.25) is 5.15 Å². The van der Waals surface area contributed by atoms with Crippen molar-refractivity contribution in [1.82, 2.24) is 4.98 Å². The minimum absolute atomic E-state index is 0.352. The van der Waals surface area contributed by atoms with E-state index in [0.29, 0.717) is 11.0 Å². The van der Waals surface area contributed by atoms with Crippen LogP contribution in [0.15, 0.2) is 10.7 Å². The van der Waals surface area contributed by atoms with E-state index in [1.165, 1.54) is 6.26 Å². The molecule has 2 nitrogen and oxygen atoms in total. The lowest BCUT2D eigenvalue weighted by Gasteiger charge is -1.67. The zero-order valence-corrected chi connectivity index (χ0v) is 4.27. The first kappa shape index (κ1) is 4.65. The van der Waals surface area contributed by atoms with Gasteiger partial charge in [-0.3, -0.25) is 0 Å². The first-order valence-corrected chi connectivity index (χ1v) is 2.10. The van der Waals surface area contributed by atoms with Crippen LogP contribution in [0.25, 0.3) is 0 Å². The van der Waals surface area contributed by atoms with E-state index in [-0.39, 0.29) is 0 Å². The van der Waals surface area contributed by atoms with Gasteiger partial charge in [-0.2, -0.15) is 0 Å². The third-order valence-electron chi connectivity index (χ3n) is 0.524. The van der Waals surface area contributed by atoms with Gasteiger partial charge in [0, 0.05) is 6.92 Å². The second-order valence-corrected chi connectivity index (χ2v) is 1.45. The maximum Gasteiger partial charge on any atom is 0.195 e. The zero-order chi connectivity index (χ0) is 5.28. The van der Waals surface area contributed by atoms with Crippen LogP contribution in [-0.4, -0.2) is 4.98 Å². The molecule has 0 bridgehead atoms. The Morgan fingerprint density at radius 1 is 1.86 bits per heavy atom. The summed E-state index contributed by atoms with van der Waals surface area (Å²) in [4.78, 5) is 3.60. The Bertz CT molecular complexity index is 144. The molecule has 0 fully saturated rings. The molecule has 1 aromatic heterocycles. The summed E-state index contributed by atoms with van der Waals surface area (Å²) in [6, 6.07) is 0. The van der Waals surface area contributed by atoms with Gasteiger partial charge < -0.3 is 4.42 Å². The topological polar surface area (TPSA) is 26.0 Å². The van der Waals surface area contributed by atoms with E-state index in [1.54, 1.807) is 0 Å². The van der Waals surface area contributed by atoms with E-state index in [0.717, 1.165) is 0 Å². The molecule has 7 heavy (non-hydrogen) atoms. The highest BCUT2D eigenvalue weighted by atomic mass is 35.5. The summed E-state index contributed by atoms with van der Waals surface area (Å²) in [5, 5.41) is 0.352. The molecule has 1 rings (SSSR count). The molecule has 1 heterocycles. The molecule has 0 unspecified atom stereocenters. The third-order valence-corrected chi connectivity index (χ3v) is 0.697. The lowest BCUT2D eigenvalue weighted by atomic mass is 10.8. The van der Waals surface area contributed by atoms with Gasteiger partial charge in [0.15, 0.2) is 11.0 Å². The smallest absolute Gasteiger partial charge is 0.195 e. The highest BCUT2D eigenvalue weighted by Crippen LogP contribution is 2.04. The van der Waals surface area contributed by atoms with Crippen LogP contribution in [0.3, 0.4) is 0 Å². The summed E-state index contributed by atoms with van der Waals surface area (Å²) in [6.07, 6.45) is 1.34. The molecule has 1 radical (unpaired) electrons. The summed E-state index contributed by atoms with van der Waals surface area (Å²) < 4.78 is 4.61. The predicted octanol–water partition coefficient (Wildman–Crippen LogP) is 1.51. The molecule has 0 spiro atoms. The molecule has 0 amide bonds. The van der Waals surface area contributed by atoms with Crippen LogP contribution in [0.4, 0.5) is 0 Å². The van der Waals surface area contributed by atoms with Crippen molar-refractivity contribution in [3.05, 3.63) is 24.2 Å². The van der Waals surface area contributed by atoms with Crippen molar-refractivity contribution >= 4 is 11.6 Å². The largest absolute Gasteiger partial charge is 0.447 e. The highest BCUT2D eigenvalue weighted by Gasteiger charge is 1.90. The number of hydrogen-bond donors (Lipinski definition) is 0. The molecule has 0 saturated heterocycles. The Kier molecular flexibility index (Phi) is 1.02. The Balaban J connectivity index is 3.04. The first-order chi connectivity index (χ1) is 3.29. The van der Waals surface area contributed by atoms with Crippen LogP contribution in [0.5, 0.6) is 0 Å². The molecule has 0 N–H and O–H groups in total. The number of hydrogen-bond acceptors (Lipinski definition) is 2. The van der Waals surface area contributed by atoms with Crippen molar-refractivity contribution in [1.29, 1.82) is 0 Å². The number of aromatic nitrogens is 1. The van der Waals surface area contributed by atoms with E-state index >= 15 is 0 Å². The van der Waals surface area contributed by atoms with Gasteiger partial charge in [-0.05, 0) is 0 Å². The summed E-state index contributed by atoms with van der Waals surface area (Å²) in [7, 11) is 0. The Labute approximate surface area is 46.1 Å². The quantitative estimate of drug-likeness (QED) is 0.514. The monoisotopic (exact) mass is 116 g/mol. The second kappa shape index (κ2) is 1.54. The molecule has 0 aromatic carbocycles. The van der Waals surface area contributed by atoms with Gasteiger partial charge >= 0.3 is 0 Å². The number of oxazole rings is 1. The molecular formula is C4H3ClNO. The molecule has 0 aliphatic carbocycles. The van der Waals surface area contributed by atoms with Gasteiger partial charge in [-0.25, -0.2) is 4.98 Å². The fourth-order valence-corrected chi connectivity index (χ4v) is 0.427. The average molecular weight is 117 g/mol. The molecule has 1 aromatic rings. The molecular weight excluding hydrogens is 114 g/mol. The normalized spacial score (nSPS) is 9.43. The van der Waals surface area contributed by atoms with E-state index in [4.69, 9.17) is 11.6 Å². The molecule has 37 valence electrons. The number of halogens is 1. The van der Waals surface area contributed by atoms with Crippen LogP contribution in [0, 0.1) is 6.92 Å². The van der Waals surface area contributed by atoms with E-state index < -0.39 is 0 Å². The summed E-state index contributed by atoms with van der Waals surface area (Å²) in [5.41, 5.74) is 0. The van der Waals surface area contributed by atoms with E-state index in [9.17, 15) is 0 Å². The summed E-state index contributed by atoms with van der Waals surface area (Å²) in [6.45, 7) is 3.38. The lowest BCUT2D eigenvalue weighted by Crippen LogP contribution is -1.63. The predicted molar refractivity (Wildman–Crippen MR) is 26.0 cm³/mol. The maximum absolute atomic E-state index is 5.32. The van der Waals surface area contributed by atoms with Crippen molar-refractivity contribution in [3.63, 3.8) is 0 Å². The van der Waals surface area contributed by atoms with E-state index in [1.807, 2.05) is 0 Å². The molecule has 0 atom stereocenters. The third kappa shape index (κ3) is 0.933. The van der Waals surface area contributed by atoms with Gasteiger partial charge in [0.05, 0.1) is 0 Å².